The van der Waals surface area contributed by atoms with E-state index in [1.165, 1.54) is 0 Å². The molecule has 1 atom stereocenters. The Morgan fingerprint density at radius 2 is 2.12 bits per heavy atom. The van der Waals surface area contributed by atoms with Gasteiger partial charge < -0.3 is 4.90 Å². The smallest absolute Gasteiger partial charge is 0.256 e. The Morgan fingerprint density at radius 1 is 1.38 bits per heavy atom. The van der Waals surface area contributed by atoms with E-state index < -0.39 is 10.0 Å². The number of hydrogen-bond acceptors (Lipinski definition) is 4. The van der Waals surface area contributed by atoms with Gasteiger partial charge in [0.25, 0.3) is 5.91 Å². The number of rotatable bonds is 3. The lowest BCUT2D eigenvalue weighted by Crippen LogP contribution is -2.31. The Balaban J connectivity index is 1.91. The molecule has 6 nitrogen and oxygen atoms in total. The van der Waals surface area contributed by atoms with Gasteiger partial charge in [-0.25, -0.2) is 13.6 Å². The molecule has 1 amide bonds. The maximum absolute atomic E-state index is 12.9. The van der Waals surface area contributed by atoms with Gasteiger partial charge in [0.05, 0.1) is 16.8 Å². The van der Waals surface area contributed by atoms with Gasteiger partial charge in [-0.1, -0.05) is 0 Å². The van der Waals surface area contributed by atoms with Crippen LogP contribution in [-0.2, 0) is 10.0 Å². The standard InChI is InChI=1S/C17H21N3O3S/c1-11-7-14-12(2)3-5-19-16(14)15(8-11)17(21)20-6-4-13(9-20)10-24(18,22)23/h3,5,7-8,13H,4,6,9-10H2,1-2H3,(H2,18,22,23). The molecule has 0 spiro atoms. The molecule has 2 aromatic rings. The largest absolute Gasteiger partial charge is 0.338 e. The van der Waals surface area contributed by atoms with Gasteiger partial charge >= 0.3 is 0 Å². The second-order valence-corrected chi connectivity index (χ2v) is 8.23. The number of amides is 1. The lowest BCUT2D eigenvalue weighted by atomic mass is 10.0. The molecule has 1 aromatic heterocycles. The molecule has 0 saturated carbocycles. The zero-order valence-electron chi connectivity index (χ0n) is 13.8. The zero-order valence-corrected chi connectivity index (χ0v) is 14.6. The van der Waals surface area contributed by atoms with Crippen LogP contribution < -0.4 is 5.14 Å². The Bertz CT molecular complexity index is 909. The number of carbonyl (C=O) groups excluding carboxylic acids is 1. The molecule has 2 heterocycles. The first-order valence-electron chi connectivity index (χ1n) is 7.90. The predicted molar refractivity (Wildman–Crippen MR) is 93.2 cm³/mol. The first-order chi connectivity index (χ1) is 11.2. The topological polar surface area (TPSA) is 93.4 Å². The van der Waals surface area contributed by atoms with Crippen molar-refractivity contribution >= 4 is 26.8 Å². The Morgan fingerprint density at radius 3 is 2.83 bits per heavy atom. The molecule has 24 heavy (non-hydrogen) atoms. The quantitative estimate of drug-likeness (QED) is 0.912. The highest BCUT2D eigenvalue weighted by Gasteiger charge is 2.30. The summed E-state index contributed by atoms with van der Waals surface area (Å²) in [5, 5.41) is 6.09. The summed E-state index contributed by atoms with van der Waals surface area (Å²) in [6.07, 6.45) is 2.36. The van der Waals surface area contributed by atoms with Gasteiger partial charge in [-0.05, 0) is 55.5 Å². The Labute approximate surface area is 141 Å². The van der Waals surface area contributed by atoms with E-state index in [1.807, 2.05) is 32.0 Å². The highest BCUT2D eigenvalue weighted by molar-refractivity contribution is 7.89. The van der Waals surface area contributed by atoms with E-state index in [9.17, 15) is 13.2 Å². The maximum Gasteiger partial charge on any atom is 0.256 e. The number of benzene rings is 1. The number of aryl methyl sites for hydroxylation is 2. The fourth-order valence-corrected chi connectivity index (χ4v) is 4.28. The molecule has 7 heteroatoms. The number of fused-ring (bicyclic) bond motifs is 1. The molecule has 128 valence electrons. The summed E-state index contributed by atoms with van der Waals surface area (Å²) < 4.78 is 22.5. The normalized spacial score (nSPS) is 18.3. The van der Waals surface area contributed by atoms with Crippen LogP contribution in [0.5, 0.6) is 0 Å². The number of nitrogens with zero attached hydrogens (tertiary/aromatic N) is 2. The number of carbonyl (C=O) groups is 1. The number of pyridine rings is 1. The van der Waals surface area contributed by atoms with Gasteiger partial charge in [0.1, 0.15) is 0 Å². The van der Waals surface area contributed by atoms with Crippen LogP contribution in [0.4, 0.5) is 0 Å². The van der Waals surface area contributed by atoms with Crippen molar-refractivity contribution in [1.82, 2.24) is 9.88 Å². The lowest BCUT2D eigenvalue weighted by molar-refractivity contribution is 0.0790. The second-order valence-electron chi connectivity index (χ2n) is 6.57. The summed E-state index contributed by atoms with van der Waals surface area (Å²) in [5.41, 5.74) is 3.35. The Kier molecular flexibility index (Phi) is 4.31. The summed E-state index contributed by atoms with van der Waals surface area (Å²) in [7, 11) is -3.52. The number of primary sulfonamides is 1. The monoisotopic (exact) mass is 347 g/mol. The lowest BCUT2D eigenvalue weighted by Gasteiger charge is -2.18. The van der Waals surface area contributed by atoms with Crippen LogP contribution in [0, 0.1) is 19.8 Å². The van der Waals surface area contributed by atoms with E-state index in [0.717, 1.165) is 16.5 Å². The molecule has 1 unspecified atom stereocenters. The molecule has 2 N–H and O–H groups in total. The van der Waals surface area contributed by atoms with Crippen LogP contribution in [0.15, 0.2) is 24.4 Å². The van der Waals surface area contributed by atoms with Crippen LogP contribution in [0.25, 0.3) is 10.9 Å². The summed E-state index contributed by atoms with van der Waals surface area (Å²) >= 11 is 0. The molecule has 1 aromatic carbocycles. The van der Waals surface area contributed by atoms with Crippen LogP contribution in [0.3, 0.4) is 0 Å². The third-order valence-corrected chi connectivity index (χ3v) is 5.41. The van der Waals surface area contributed by atoms with Crippen molar-refractivity contribution in [1.29, 1.82) is 0 Å². The van der Waals surface area contributed by atoms with E-state index in [4.69, 9.17) is 5.14 Å². The van der Waals surface area contributed by atoms with E-state index in [0.29, 0.717) is 30.6 Å². The first-order valence-corrected chi connectivity index (χ1v) is 9.62. The molecule has 0 radical (unpaired) electrons. The number of sulfonamides is 1. The van der Waals surface area contributed by atoms with E-state index in [-0.39, 0.29) is 17.6 Å². The number of aromatic nitrogens is 1. The average Bonchev–Trinajstić information content (AvgIpc) is 2.93. The van der Waals surface area contributed by atoms with Crippen LogP contribution in [0.2, 0.25) is 0 Å². The molecule has 3 rings (SSSR count). The van der Waals surface area contributed by atoms with E-state index in [1.54, 1.807) is 11.1 Å². The third kappa shape index (κ3) is 3.42. The molecule has 0 bridgehead atoms. The minimum atomic E-state index is -3.52. The SMILES string of the molecule is Cc1cc(C(=O)N2CCC(CS(N)(=O)=O)C2)c2nccc(C)c2c1. The number of hydrogen-bond donors (Lipinski definition) is 1. The molecule has 1 fully saturated rings. The molecular weight excluding hydrogens is 326 g/mol. The Hall–Kier alpha value is -1.99. The van der Waals surface area contributed by atoms with Gasteiger partial charge in [-0.3, -0.25) is 9.78 Å². The van der Waals surface area contributed by atoms with Crippen molar-refractivity contribution in [3.05, 3.63) is 41.1 Å². The van der Waals surface area contributed by atoms with Crippen LogP contribution >= 0.6 is 0 Å². The number of nitrogens with two attached hydrogens (primary N) is 1. The third-order valence-electron chi connectivity index (χ3n) is 4.48. The van der Waals surface area contributed by atoms with E-state index in [2.05, 4.69) is 4.98 Å². The predicted octanol–water partition coefficient (Wildman–Crippen LogP) is 1.60. The summed E-state index contributed by atoms with van der Waals surface area (Å²) in [4.78, 5) is 19.0. The minimum Gasteiger partial charge on any atom is -0.338 e. The summed E-state index contributed by atoms with van der Waals surface area (Å²) in [6, 6.07) is 5.81. The maximum atomic E-state index is 12.9. The van der Waals surface area contributed by atoms with Crippen molar-refractivity contribution in [2.24, 2.45) is 11.1 Å². The van der Waals surface area contributed by atoms with Gasteiger partial charge in [0.2, 0.25) is 10.0 Å². The van der Waals surface area contributed by atoms with Crippen molar-refractivity contribution in [3.63, 3.8) is 0 Å². The fraction of sp³-hybridized carbons (Fsp3) is 0.412. The fourth-order valence-electron chi connectivity index (χ4n) is 3.35. The zero-order chi connectivity index (χ0) is 17.5. The van der Waals surface area contributed by atoms with E-state index >= 15 is 0 Å². The van der Waals surface area contributed by atoms with Crippen LogP contribution in [0.1, 0.15) is 27.9 Å². The molecule has 1 saturated heterocycles. The highest BCUT2D eigenvalue weighted by atomic mass is 32.2. The van der Waals surface area contributed by atoms with Crippen molar-refractivity contribution in [2.45, 2.75) is 20.3 Å². The number of likely N-dealkylation sites (tertiary alicyclic amines) is 1. The van der Waals surface area contributed by atoms with Gasteiger partial charge in [0.15, 0.2) is 0 Å². The first kappa shape index (κ1) is 16.9. The van der Waals surface area contributed by atoms with Crippen molar-refractivity contribution in [2.75, 3.05) is 18.8 Å². The van der Waals surface area contributed by atoms with Gasteiger partial charge in [-0.2, -0.15) is 0 Å². The summed E-state index contributed by atoms with van der Waals surface area (Å²) in [6.45, 7) is 4.91. The second kappa shape index (κ2) is 6.14. The molecule has 0 aliphatic carbocycles. The minimum absolute atomic E-state index is 0.0807. The van der Waals surface area contributed by atoms with Crippen molar-refractivity contribution in [3.8, 4) is 0 Å². The molecular formula is C17H21N3O3S. The highest BCUT2D eigenvalue weighted by Crippen LogP contribution is 2.26. The average molecular weight is 347 g/mol. The molecule has 1 aliphatic heterocycles. The van der Waals surface area contributed by atoms with Gasteiger partial charge in [-0.15, -0.1) is 0 Å². The molecule has 1 aliphatic rings. The van der Waals surface area contributed by atoms with Gasteiger partial charge in [0, 0.05) is 24.7 Å². The van der Waals surface area contributed by atoms with Crippen molar-refractivity contribution < 1.29 is 13.2 Å². The summed E-state index contributed by atoms with van der Waals surface area (Å²) in [5.74, 6) is -0.281. The van der Waals surface area contributed by atoms with Crippen LogP contribution in [-0.4, -0.2) is 43.1 Å².